The molecule has 3 rings (SSSR count). The number of oxazole rings is 1. The molecule has 5 heteroatoms. The van der Waals surface area contributed by atoms with E-state index in [1.54, 1.807) is 7.11 Å². The Kier molecular flexibility index (Phi) is 5.37. The molecule has 0 unspecified atom stereocenters. The van der Waals surface area contributed by atoms with Crippen LogP contribution in [0.3, 0.4) is 0 Å². The van der Waals surface area contributed by atoms with Crippen LogP contribution in [0.5, 0.6) is 5.75 Å². The fourth-order valence-corrected chi connectivity index (χ4v) is 2.83. The van der Waals surface area contributed by atoms with E-state index in [1.807, 2.05) is 55.5 Å². The SMILES string of the molecule is CCc1ccccc1NC(=O)Cc1nc(-c2ccccc2OC)oc1C. The van der Waals surface area contributed by atoms with Gasteiger partial charge in [0.05, 0.1) is 24.8 Å². The second-order valence-electron chi connectivity index (χ2n) is 5.96. The molecule has 0 atom stereocenters. The summed E-state index contributed by atoms with van der Waals surface area (Å²) in [6.07, 6.45) is 1.01. The molecule has 1 N–H and O–H groups in total. The number of hydrogen-bond donors (Lipinski definition) is 1. The molecule has 5 nitrogen and oxygen atoms in total. The van der Waals surface area contributed by atoms with E-state index >= 15 is 0 Å². The van der Waals surface area contributed by atoms with Gasteiger partial charge >= 0.3 is 0 Å². The highest BCUT2D eigenvalue weighted by Crippen LogP contribution is 2.30. The van der Waals surface area contributed by atoms with Gasteiger partial charge in [-0.25, -0.2) is 4.98 Å². The highest BCUT2D eigenvalue weighted by molar-refractivity contribution is 5.93. The van der Waals surface area contributed by atoms with Crippen molar-refractivity contribution in [3.05, 3.63) is 65.5 Å². The van der Waals surface area contributed by atoms with E-state index in [4.69, 9.17) is 9.15 Å². The van der Waals surface area contributed by atoms with Crippen LogP contribution in [0.25, 0.3) is 11.5 Å². The molecule has 0 aliphatic heterocycles. The molecule has 1 amide bonds. The number of nitrogens with zero attached hydrogens (tertiary/aromatic N) is 1. The minimum absolute atomic E-state index is 0.117. The molecule has 26 heavy (non-hydrogen) atoms. The highest BCUT2D eigenvalue weighted by Gasteiger charge is 2.17. The Morgan fingerprint density at radius 1 is 1.15 bits per heavy atom. The Morgan fingerprint density at radius 3 is 2.65 bits per heavy atom. The molecular weight excluding hydrogens is 328 g/mol. The first-order valence-corrected chi connectivity index (χ1v) is 8.59. The van der Waals surface area contributed by atoms with Crippen molar-refractivity contribution in [3.8, 4) is 17.2 Å². The molecule has 0 bridgehead atoms. The number of carbonyl (C=O) groups is 1. The number of hydrogen-bond acceptors (Lipinski definition) is 4. The van der Waals surface area contributed by atoms with Crippen molar-refractivity contribution >= 4 is 11.6 Å². The van der Waals surface area contributed by atoms with Gasteiger partial charge in [-0.1, -0.05) is 37.3 Å². The second kappa shape index (κ2) is 7.87. The Balaban J connectivity index is 1.78. The van der Waals surface area contributed by atoms with Gasteiger partial charge in [0.1, 0.15) is 11.5 Å². The quantitative estimate of drug-likeness (QED) is 0.715. The molecule has 0 radical (unpaired) electrons. The summed E-state index contributed by atoms with van der Waals surface area (Å²) in [5.74, 6) is 1.65. The van der Waals surface area contributed by atoms with E-state index in [9.17, 15) is 4.79 Å². The average molecular weight is 350 g/mol. The van der Waals surface area contributed by atoms with Crippen molar-refractivity contribution < 1.29 is 13.9 Å². The summed E-state index contributed by atoms with van der Waals surface area (Å²) in [7, 11) is 1.61. The first-order chi connectivity index (χ1) is 12.6. The smallest absolute Gasteiger partial charge is 0.230 e. The normalized spacial score (nSPS) is 10.6. The van der Waals surface area contributed by atoms with Crippen LogP contribution in [-0.4, -0.2) is 18.0 Å². The standard InChI is InChI=1S/C21H22N2O3/c1-4-15-9-5-7-11-17(15)22-20(24)13-18-14(2)26-21(23-18)16-10-6-8-12-19(16)25-3/h5-12H,4,13H2,1-3H3,(H,22,24). The van der Waals surface area contributed by atoms with Gasteiger partial charge in [0, 0.05) is 5.69 Å². The van der Waals surface area contributed by atoms with Crippen molar-refractivity contribution in [1.29, 1.82) is 0 Å². The predicted octanol–water partition coefficient (Wildman–Crippen LogP) is 4.40. The van der Waals surface area contributed by atoms with Crippen molar-refractivity contribution in [3.63, 3.8) is 0 Å². The summed E-state index contributed by atoms with van der Waals surface area (Å²) in [6.45, 7) is 3.88. The summed E-state index contributed by atoms with van der Waals surface area (Å²) in [5.41, 5.74) is 3.33. The highest BCUT2D eigenvalue weighted by atomic mass is 16.5. The number of carbonyl (C=O) groups excluding carboxylic acids is 1. The molecule has 0 saturated heterocycles. The third-order valence-electron chi connectivity index (χ3n) is 4.23. The van der Waals surface area contributed by atoms with Crippen molar-refractivity contribution in [2.24, 2.45) is 0 Å². The maximum atomic E-state index is 12.5. The zero-order valence-electron chi connectivity index (χ0n) is 15.2. The maximum absolute atomic E-state index is 12.5. The van der Waals surface area contributed by atoms with Crippen LogP contribution >= 0.6 is 0 Å². The summed E-state index contributed by atoms with van der Waals surface area (Å²) in [5, 5.41) is 2.96. The summed E-state index contributed by atoms with van der Waals surface area (Å²) >= 11 is 0. The Labute approximate surface area is 153 Å². The average Bonchev–Trinajstić information content (AvgIpc) is 3.02. The van der Waals surface area contributed by atoms with Gasteiger partial charge in [0.15, 0.2) is 0 Å². The first-order valence-electron chi connectivity index (χ1n) is 8.59. The van der Waals surface area contributed by atoms with Crippen molar-refractivity contribution in [1.82, 2.24) is 4.98 Å². The lowest BCUT2D eigenvalue weighted by Gasteiger charge is -2.08. The molecule has 0 aliphatic rings. The van der Waals surface area contributed by atoms with Crippen LogP contribution in [-0.2, 0) is 17.6 Å². The predicted molar refractivity (Wildman–Crippen MR) is 101 cm³/mol. The number of aryl methyl sites for hydroxylation is 2. The third-order valence-corrected chi connectivity index (χ3v) is 4.23. The van der Waals surface area contributed by atoms with Gasteiger partial charge in [0.25, 0.3) is 0 Å². The first kappa shape index (κ1) is 17.7. The van der Waals surface area contributed by atoms with Gasteiger partial charge in [-0.15, -0.1) is 0 Å². The van der Waals surface area contributed by atoms with E-state index in [0.717, 1.165) is 23.2 Å². The number of amides is 1. The van der Waals surface area contributed by atoms with E-state index < -0.39 is 0 Å². The number of nitrogens with one attached hydrogen (secondary N) is 1. The molecule has 0 saturated carbocycles. The molecule has 2 aromatic carbocycles. The van der Waals surface area contributed by atoms with E-state index in [1.165, 1.54) is 0 Å². The zero-order valence-corrected chi connectivity index (χ0v) is 15.2. The Bertz CT molecular complexity index is 915. The number of methoxy groups -OCH3 is 1. The van der Waals surface area contributed by atoms with E-state index in [0.29, 0.717) is 23.1 Å². The maximum Gasteiger partial charge on any atom is 0.230 e. The molecule has 0 spiro atoms. The topological polar surface area (TPSA) is 64.4 Å². The van der Waals surface area contributed by atoms with Crippen LogP contribution < -0.4 is 10.1 Å². The molecule has 1 heterocycles. The fourth-order valence-electron chi connectivity index (χ4n) is 2.83. The molecule has 3 aromatic rings. The Hall–Kier alpha value is -3.08. The monoisotopic (exact) mass is 350 g/mol. The minimum Gasteiger partial charge on any atom is -0.496 e. The Morgan fingerprint density at radius 2 is 1.88 bits per heavy atom. The van der Waals surface area contributed by atoms with E-state index in [-0.39, 0.29) is 12.3 Å². The number of rotatable bonds is 6. The number of anilines is 1. The largest absolute Gasteiger partial charge is 0.496 e. The van der Waals surface area contributed by atoms with Crippen LogP contribution in [0.15, 0.2) is 52.9 Å². The van der Waals surface area contributed by atoms with Crippen LogP contribution in [0.2, 0.25) is 0 Å². The molecular formula is C21H22N2O3. The summed E-state index contributed by atoms with van der Waals surface area (Å²) < 4.78 is 11.1. The number of aromatic nitrogens is 1. The van der Waals surface area contributed by atoms with Crippen molar-refractivity contribution in [2.75, 3.05) is 12.4 Å². The summed E-state index contributed by atoms with van der Waals surface area (Å²) in [4.78, 5) is 17.0. The number of benzene rings is 2. The number of para-hydroxylation sites is 2. The van der Waals surface area contributed by atoms with Gasteiger partial charge in [-0.2, -0.15) is 0 Å². The molecule has 1 aromatic heterocycles. The van der Waals surface area contributed by atoms with Crippen LogP contribution in [0, 0.1) is 6.92 Å². The minimum atomic E-state index is -0.117. The van der Waals surface area contributed by atoms with Crippen molar-refractivity contribution in [2.45, 2.75) is 26.7 Å². The lowest BCUT2D eigenvalue weighted by molar-refractivity contribution is -0.115. The van der Waals surface area contributed by atoms with Crippen LogP contribution in [0.4, 0.5) is 5.69 Å². The molecule has 0 aliphatic carbocycles. The molecule has 134 valence electrons. The second-order valence-corrected chi connectivity index (χ2v) is 5.96. The van der Waals surface area contributed by atoms with Gasteiger partial charge in [-0.05, 0) is 37.1 Å². The lowest BCUT2D eigenvalue weighted by Crippen LogP contribution is -2.16. The molecule has 0 fully saturated rings. The lowest BCUT2D eigenvalue weighted by atomic mass is 10.1. The number of ether oxygens (including phenoxy) is 1. The van der Waals surface area contributed by atoms with Gasteiger partial charge < -0.3 is 14.5 Å². The van der Waals surface area contributed by atoms with E-state index in [2.05, 4.69) is 17.2 Å². The van der Waals surface area contributed by atoms with Crippen LogP contribution in [0.1, 0.15) is 23.9 Å². The fraction of sp³-hybridized carbons (Fsp3) is 0.238. The third kappa shape index (κ3) is 3.77. The van der Waals surface area contributed by atoms with Gasteiger partial charge in [-0.3, -0.25) is 4.79 Å². The zero-order chi connectivity index (χ0) is 18.5. The van der Waals surface area contributed by atoms with Gasteiger partial charge in [0.2, 0.25) is 11.8 Å². The summed E-state index contributed by atoms with van der Waals surface area (Å²) in [6, 6.07) is 15.3.